The van der Waals surface area contributed by atoms with Crippen LogP contribution in [-0.2, 0) is 0 Å². The normalized spacial score (nSPS) is 11.7. The Hall–Kier alpha value is -3.54. The molecule has 0 atom stereocenters. The van der Waals surface area contributed by atoms with Gasteiger partial charge in [0.05, 0.1) is 11.2 Å². The van der Waals surface area contributed by atoms with E-state index in [9.17, 15) is 0 Å². The zero-order valence-electron chi connectivity index (χ0n) is 15.1. The standard InChI is InChI=1S/C21H18N6/c1-13(2)14-7-9-15(10-8-14)18-11-19(25-24-18)20-23-21-16-5-3-4-6-17(16)22-12-27(21)26-20/h3-13H,1-2H3,(H,24,25). The molecule has 6 heteroatoms. The minimum Gasteiger partial charge on any atom is -0.274 e. The van der Waals surface area contributed by atoms with Crippen LogP contribution in [0, 0.1) is 0 Å². The minimum absolute atomic E-state index is 0.513. The highest BCUT2D eigenvalue weighted by atomic mass is 15.3. The van der Waals surface area contributed by atoms with E-state index in [1.165, 1.54) is 5.56 Å². The fraction of sp³-hybridized carbons (Fsp3) is 0.143. The Morgan fingerprint density at radius 2 is 1.81 bits per heavy atom. The molecule has 0 fully saturated rings. The molecule has 5 aromatic rings. The molecule has 0 radical (unpaired) electrons. The van der Waals surface area contributed by atoms with Gasteiger partial charge in [-0.05, 0) is 29.7 Å². The summed E-state index contributed by atoms with van der Waals surface area (Å²) in [6, 6.07) is 18.4. The van der Waals surface area contributed by atoms with Crippen molar-refractivity contribution in [2.24, 2.45) is 0 Å². The summed E-state index contributed by atoms with van der Waals surface area (Å²) in [6.07, 6.45) is 1.69. The summed E-state index contributed by atoms with van der Waals surface area (Å²) < 4.78 is 1.70. The van der Waals surface area contributed by atoms with Crippen LogP contribution in [0.15, 0.2) is 60.9 Å². The summed E-state index contributed by atoms with van der Waals surface area (Å²) >= 11 is 0. The van der Waals surface area contributed by atoms with Crippen LogP contribution in [0.25, 0.3) is 39.3 Å². The molecule has 132 valence electrons. The van der Waals surface area contributed by atoms with E-state index in [0.717, 1.165) is 33.5 Å². The predicted octanol–water partition coefficient (Wildman–Crippen LogP) is 4.46. The lowest BCUT2D eigenvalue weighted by molar-refractivity contribution is 0.867. The van der Waals surface area contributed by atoms with Gasteiger partial charge in [0.2, 0.25) is 0 Å². The van der Waals surface area contributed by atoms with Gasteiger partial charge in [0, 0.05) is 10.9 Å². The van der Waals surface area contributed by atoms with Crippen molar-refractivity contribution in [3.63, 3.8) is 0 Å². The average Bonchev–Trinajstić information content (AvgIpc) is 3.35. The van der Waals surface area contributed by atoms with Crippen molar-refractivity contribution in [3.05, 3.63) is 66.5 Å². The molecule has 27 heavy (non-hydrogen) atoms. The Bertz CT molecular complexity index is 1250. The molecule has 3 heterocycles. The Kier molecular flexibility index (Phi) is 3.50. The van der Waals surface area contributed by atoms with Crippen LogP contribution in [0.2, 0.25) is 0 Å². The largest absolute Gasteiger partial charge is 0.274 e. The van der Waals surface area contributed by atoms with Crippen molar-refractivity contribution in [1.82, 2.24) is 29.8 Å². The maximum Gasteiger partial charge on any atom is 0.200 e. The summed E-state index contributed by atoms with van der Waals surface area (Å²) in [6.45, 7) is 4.38. The molecule has 0 saturated heterocycles. The third-order valence-electron chi connectivity index (χ3n) is 4.77. The van der Waals surface area contributed by atoms with Crippen LogP contribution >= 0.6 is 0 Å². The summed E-state index contributed by atoms with van der Waals surface area (Å²) in [5.74, 6) is 1.12. The molecule has 5 rings (SSSR count). The third-order valence-corrected chi connectivity index (χ3v) is 4.77. The molecule has 0 aliphatic carbocycles. The molecule has 0 amide bonds. The van der Waals surface area contributed by atoms with E-state index < -0.39 is 0 Å². The molecule has 2 aromatic carbocycles. The number of nitrogens with one attached hydrogen (secondary N) is 1. The van der Waals surface area contributed by atoms with Crippen molar-refractivity contribution >= 4 is 16.6 Å². The minimum atomic E-state index is 0.513. The molecule has 0 bridgehead atoms. The van der Waals surface area contributed by atoms with E-state index in [1.54, 1.807) is 10.8 Å². The molecule has 6 nitrogen and oxygen atoms in total. The molecule has 3 aromatic heterocycles. The summed E-state index contributed by atoms with van der Waals surface area (Å²) in [4.78, 5) is 9.12. The van der Waals surface area contributed by atoms with Gasteiger partial charge in [0.1, 0.15) is 12.0 Å². The molecular weight excluding hydrogens is 336 g/mol. The average molecular weight is 354 g/mol. The first kappa shape index (κ1) is 15.7. The van der Waals surface area contributed by atoms with Crippen molar-refractivity contribution in [3.8, 4) is 22.8 Å². The number of nitrogens with zero attached hydrogens (tertiary/aromatic N) is 5. The number of rotatable bonds is 3. The number of para-hydroxylation sites is 1. The molecule has 0 spiro atoms. The SMILES string of the molecule is CC(C)c1ccc(-c2cc(-c3nc4c5ccccc5ncn4n3)[nH]n2)cc1. The summed E-state index contributed by atoms with van der Waals surface area (Å²) in [5.41, 5.74) is 5.73. The second-order valence-electron chi connectivity index (χ2n) is 6.91. The van der Waals surface area contributed by atoms with Crippen molar-refractivity contribution in [2.45, 2.75) is 19.8 Å². The van der Waals surface area contributed by atoms with Crippen LogP contribution in [-0.4, -0.2) is 29.8 Å². The number of fused-ring (bicyclic) bond motifs is 3. The van der Waals surface area contributed by atoms with Gasteiger partial charge in [0.15, 0.2) is 11.5 Å². The van der Waals surface area contributed by atoms with Gasteiger partial charge in [-0.15, -0.1) is 5.10 Å². The lowest BCUT2D eigenvalue weighted by Gasteiger charge is -2.05. The smallest absolute Gasteiger partial charge is 0.200 e. The van der Waals surface area contributed by atoms with Gasteiger partial charge in [-0.1, -0.05) is 50.2 Å². The Balaban J connectivity index is 1.55. The fourth-order valence-corrected chi connectivity index (χ4v) is 3.22. The van der Waals surface area contributed by atoms with Crippen molar-refractivity contribution in [2.75, 3.05) is 0 Å². The van der Waals surface area contributed by atoms with Crippen LogP contribution in [0.3, 0.4) is 0 Å². The lowest BCUT2D eigenvalue weighted by Crippen LogP contribution is -1.90. The Labute approximate surface area is 155 Å². The number of benzene rings is 2. The highest BCUT2D eigenvalue weighted by molar-refractivity contribution is 5.91. The Morgan fingerprint density at radius 3 is 2.63 bits per heavy atom. The maximum atomic E-state index is 4.70. The lowest BCUT2D eigenvalue weighted by atomic mass is 10.0. The van der Waals surface area contributed by atoms with E-state index in [1.807, 2.05) is 30.3 Å². The fourth-order valence-electron chi connectivity index (χ4n) is 3.22. The molecule has 0 aliphatic rings. The van der Waals surface area contributed by atoms with E-state index in [4.69, 9.17) is 4.98 Å². The zero-order valence-corrected chi connectivity index (χ0v) is 15.1. The van der Waals surface area contributed by atoms with Gasteiger partial charge in [-0.2, -0.15) is 5.10 Å². The molecule has 1 N–H and O–H groups in total. The number of H-pyrrole nitrogens is 1. The van der Waals surface area contributed by atoms with Crippen LogP contribution in [0.5, 0.6) is 0 Å². The van der Waals surface area contributed by atoms with E-state index in [0.29, 0.717) is 11.7 Å². The predicted molar refractivity (Wildman–Crippen MR) is 105 cm³/mol. The van der Waals surface area contributed by atoms with Crippen molar-refractivity contribution in [1.29, 1.82) is 0 Å². The highest BCUT2D eigenvalue weighted by Gasteiger charge is 2.13. The monoisotopic (exact) mass is 354 g/mol. The molecule has 0 saturated carbocycles. The topological polar surface area (TPSA) is 71.8 Å². The van der Waals surface area contributed by atoms with Crippen LogP contribution in [0.4, 0.5) is 0 Å². The van der Waals surface area contributed by atoms with E-state index in [2.05, 4.69) is 58.4 Å². The van der Waals surface area contributed by atoms with Gasteiger partial charge >= 0.3 is 0 Å². The first-order chi connectivity index (χ1) is 13.2. The number of aromatic amines is 1. The zero-order chi connectivity index (χ0) is 18.4. The second kappa shape index (κ2) is 6.02. The van der Waals surface area contributed by atoms with Gasteiger partial charge in [-0.3, -0.25) is 5.10 Å². The first-order valence-electron chi connectivity index (χ1n) is 8.95. The quantitative estimate of drug-likeness (QED) is 0.519. The third kappa shape index (κ3) is 2.66. The highest BCUT2D eigenvalue weighted by Crippen LogP contribution is 2.25. The summed E-state index contributed by atoms with van der Waals surface area (Å²) in [5, 5.41) is 13.0. The second-order valence-corrected chi connectivity index (χ2v) is 6.91. The molecule has 0 unspecified atom stereocenters. The Morgan fingerprint density at radius 1 is 1.00 bits per heavy atom. The van der Waals surface area contributed by atoms with Crippen LogP contribution < -0.4 is 0 Å². The number of hydrogen-bond acceptors (Lipinski definition) is 4. The van der Waals surface area contributed by atoms with Gasteiger partial charge in [0.25, 0.3) is 0 Å². The summed E-state index contributed by atoms with van der Waals surface area (Å²) in [7, 11) is 0. The number of aromatic nitrogens is 6. The van der Waals surface area contributed by atoms with E-state index in [-0.39, 0.29) is 0 Å². The van der Waals surface area contributed by atoms with Gasteiger partial charge in [-0.25, -0.2) is 14.5 Å². The van der Waals surface area contributed by atoms with Crippen LogP contribution in [0.1, 0.15) is 25.3 Å². The van der Waals surface area contributed by atoms with Gasteiger partial charge < -0.3 is 0 Å². The van der Waals surface area contributed by atoms with E-state index >= 15 is 0 Å². The maximum absolute atomic E-state index is 4.70. The molecular formula is C21H18N6. The molecule has 0 aliphatic heterocycles. The van der Waals surface area contributed by atoms with Crippen molar-refractivity contribution < 1.29 is 0 Å². The first-order valence-corrected chi connectivity index (χ1v) is 8.95. The number of hydrogen-bond donors (Lipinski definition) is 1.